The van der Waals surface area contributed by atoms with Crippen molar-refractivity contribution in [3.8, 4) is 11.5 Å². The monoisotopic (exact) mass is 513 g/mol. The minimum atomic E-state index is -1.07. The van der Waals surface area contributed by atoms with Crippen molar-refractivity contribution in [2.45, 2.75) is 65.6 Å². The number of hydrogen-bond acceptors (Lipinski definition) is 6. The van der Waals surface area contributed by atoms with Crippen LogP contribution in [0.3, 0.4) is 0 Å². The van der Waals surface area contributed by atoms with Crippen LogP contribution in [0, 0.1) is 5.92 Å². The van der Waals surface area contributed by atoms with Crippen LogP contribution in [-0.2, 0) is 14.3 Å². The normalized spacial score (nSPS) is 12.9. The standard InChI is InChI=1S/C28H39N3O6/c1-8-16-31(26(34)23(18(2)3)30-27(35)37-28(4,5)6)24(19-10-9-11-21(32)17-19)25(33)29-20-12-14-22(36-7)15-13-20/h9-15,17-18,23-24,32H,8,16H2,1-7H3,(H,29,33)(H,30,35). The molecule has 202 valence electrons. The Bertz CT molecular complexity index is 1060. The number of phenolic OH excluding ortho intramolecular Hbond substituents is 1. The number of nitrogens with zero attached hydrogens (tertiary/aromatic N) is 1. The average Bonchev–Trinajstić information content (AvgIpc) is 2.81. The zero-order valence-corrected chi connectivity index (χ0v) is 22.7. The Morgan fingerprint density at radius 2 is 1.70 bits per heavy atom. The number of methoxy groups -OCH3 is 1. The Morgan fingerprint density at radius 3 is 2.22 bits per heavy atom. The van der Waals surface area contributed by atoms with Crippen LogP contribution in [-0.4, -0.2) is 53.2 Å². The first kappa shape index (κ1) is 29.5. The van der Waals surface area contributed by atoms with Crippen LogP contribution in [0.15, 0.2) is 48.5 Å². The maximum Gasteiger partial charge on any atom is 0.408 e. The number of alkyl carbamates (subject to hydrolysis) is 1. The summed E-state index contributed by atoms with van der Waals surface area (Å²) in [5.74, 6) is -0.568. The Labute approximate surface area is 219 Å². The lowest BCUT2D eigenvalue weighted by Gasteiger charge is -2.35. The number of carbonyl (C=O) groups is 3. The van der Waals surface area contributed by atoms with Gasteiger partial charge in [0, 0.05) is 12.2 Å². The van der Waals surface area contributed by atoms with Crippen molar-refractivity contribution >= 4 is 23.6 Å². The molecule has 2 aromatic carbocycles. The molecular formula is C28H39N3O6. The Kier molecular flexibility index (Phi) is 10.3. The predicted molar refractivity (Wildman–Crippen MR) is 142 cm³/mol. The number of anilines is 1. The van der Waals surface area contributed by atoms with Gasteiger partial charge >= 0.3 is 6.09 Å². The fourth-order valence-corrected chi connectivity index (χ4v) is 3.79. The van der Waals surface area contributed by atoms with Gasteiger partial charge in [0.05, 0.1) is 7.11 Å². The molecule has 0 bridgehead atoms. The highest BCUT2D eigenvalue weighted by Crippen LogP contribution is 2.28. The number of rotatable bonds is 10. The molecule has 0 aliphatic heterocycles. The average molecular weight is 514 g/mol. The van der Waals surface area contributed by atoms with Crippen LogP contribution in [0.25, 0.3) is 0 Å². The van der Waals surface area contributed by atoms with E-state index in [2.05, 4.69) is 10.6 Å². The molecule has 0 aliphatic rings. The lowest BCUT2D eigenvalue weighted by atomic mass is 9.98. The summed E-state index contributed by atoms with van der Waals surface area (Å²) in [6.07, 6.45) is -0.152. The highest BCUT2D eigenvalue weighted by atomic mass is 16.6. The van der Waals surface area contributed by atoms with E-state index < -0.39 is 35.6 Å². The molecule has 2 rings (SSSR count). The lowest BCUT2D eigenvalue weighted by Crippen LogP contribution is -2.54. The fourth-order valence-electron chi connectivity index (χ4n) is 3.79. The van der Waals surface area contributed by atoms with E-state index >= 15 is 0 Å². The van der Waals surface area contributed by atoms with Crippen molar-refractivity contribution in [2.24, 2.45) is 5.92 Å². The van der Waals surface area contributed by atoms with Gasteiger partial charge in [0.25, 0.3) is 5.91 Å². The third-order valence-electron chi connectivity index (χ3n) is 5.46. The second-order valence-electron chi connectivity index (χ2n) is 10.1. The molecule has 37 heavy (non-hydrogen) atoms. The van der Waals surface area contributed by atoms with E-state index in [1.54, 1.807) is 64.3 Å². The molecule has 0 aliphatic carbocycles. The number of benzene rings is 2. The largest absolute Gasteiger partial charge is 0.508 e. The topological polar surface area (TPSA) is 117 Å². The fraction of sp³-hybridized carbons (Fsp3) is 0.464. The summed E-state index contributed by atoms with van der Waals surface area (Å²) in [5, 5.41) is 15.7. The predicted octanol–water partition coefficient (Wildman–Crippen LogP) is 4.87. The van der Waals surface area contributed by atoms with E-state index in [0.29, 0.717) is 23.4 Å². The van der Waals surface area contributed by atoms with Crippen molar-refractivity contribution in [1.29, 1.82) is 0 Å². The van der Waals surface area contributed by atoms with E-state index in [9.17, 15) is 19.5 Å². The van der Waals surface area contributed by atoms with E-state index in [4.69, 9.17) is 9.47 Å². The van der Waals surface area contributed by atoms with Crippen molar-refractivity contribution in [3.05, 3.63) is 54.1 Å². The van der Waals surface area contributed by atoms with Gasteiger partial charge in [-0.2, -0.15) is 0 Å². The molecular weight excluding hydrogens is 474 g/mol. The Hall–Kier alpha value is -3.75. The number of aromatic hydroxyl groups is 1. The summed E-state index contributed by atoms with van der Waals surface area (Å²) in [6.45, 7) is 11.0. The zero-order chi connectivity index (χ0) is 27.8. The number of nitrogens with one attached hydrogen (secondary N) is 2. The molecule has 9 nitrogen and oxygen atoms in total. The van der Waals surface area contributed by atoms with Crippen molar-refractivity contribution in [2.75, 3.05) is 19.0 Å². The first-order chi connectivity index (χ1) is 17.4. The molecule has 2 atom stereocenters. The molecule has 9 heteroatoms. The molecule has 3 N–H and O–H groups in total. The SMILES string of the molecule is CCCN(C(=O)C(NC(=O)OC(C)(C)C)C(C)C)C(C(=O)Nc1ccc(OC)cc1)c1cccc(O)c1. The van der Waals surface area contributed by atoms with Gasteiger partial charge in [0.2, 0.25) is 5.91 Å². The van der Waals surface area contributed by atoms with Crippen LogP contribution in [0.1, 0.15) is 59.6 Å². The van der Waals surface area contributed by atoms with E-state index in [0.717, 1.165) is 0 Å². The molecule has 0 fully saturated rings. The third kappa shape index (κ3) is 8.70. The number of hydrogen-bond donors (Lipinski definition) is 3. The van der Waals surface area contributed by atoms with Crippen LogP contribution in [0.2, 0.25) is 0 Å². The second kappa shape index (κ2) is 13.0. The van der Waals surface area contributed by atoms with Crippen LogP contribution in [0.5, 0.6) is 11.5 Å². The maximum atomic E-state index is 13.9. The van der Waals surface area contributed by atoms with Gasteiger partial charge in [-0.15, -0.1) is 0 Å². The van der Waals surface area contributed by atoms with Crippen molar-refractivity contribution in [3.63, 3.8) is 0 Å². The smallest absolute Gasteiger partial charge is 0.408 e. The summed E-state index contributed by atoms with van der Waals surface area (Å²) in [7, 11) is 1.55. The van der Waals surface area contributed by atoms with Crippen LogP contribution >= 0.6 is 0 Å². The minimum absolute atomic E-state index is 0.0315. The number of phenols is 1. The highest BCUT2D eigenvalue weighted by Gasteiger charge is 2.37. The zero-order valence-electron chi connectivity index (χ0n) is 22.7. The Balaban J connectivity index is 2.46. The molecule has 0 aromatic heterocycles. The van der Waals surface area contributed by atoms with Gasteiger partial charge in [-0.1, -0.05) is 32.9 Å². The molecule has 0 heterocycles. The maximum absolute atomic E-state index is 13.9. The molecule has 0 saturated carbocycles. The van der Waals surface area contributed by atoms with Gasteiger partial charge in [0.1, 0.15) is 29.2 Å². The van der Waals surface area contributed by atoms with Crippen LogP contribution < -0.4 is 15.4 Å². The molecule has 3 amide bonds. The summed E-state index contributed by atoms with van der Waals surface area (Å²) in [5.41, 5.74) is 0.222. The van der Waals surface area contributed by atoms with E-state index in [1.807, 2.05) is 20.8 Å². The third-order valence-corrected chi connectivity index (χ3v) is 5.46. The lowest BCUT2D eigenvalue weighted by molar-refractivity contribution is -0.141. The number of amides is 3. The van der Waals surface area contributed by atoms with Crippen molar-refractivity contribution < 1.29 is 29.0 Å². The first-order valence-electron chi connectivity index (χ1n) is 12.4. The molecule has 2 unspecified atom stereocenters. The van der Waals surface area contributed by atoms with Gasteiger partial charge in [-0.05, 0) is 75.1 Å². The van der Waals surface area contributed by atoms with E-state index in [-0.39, 0.29) is 18.2 Å². The van der Waals surface area contributed by atoms with Crippen LogP contribution in [0.4, 0.5) is 10.5 Å². The summed E-state index contributed by atoms with van der Waals surface area (Å²) in [4.78, 5) is 41.6. The first-order valence-corrected chi connectivity index (χ1v) is 12.4. The molecule has 0 radical (unpaired) electrons. The summed E-state index contributed by atoms with van der Waals surface area (Å²) >= 11 is 0. The quantitative estimate of drug-likeness (QED) is 0.417. The molecule has 0 spiro atoms. The summed E-state index contributed by atoms with van der Waals surface area (Å²) < 4.78 is 10.5. The second-order valence-corrected chi connectivity index (χ2v) is 10.1. The highest BCUT2D eigenvalue weighted by molar-refractivity contribution is 5.99. The molecule has 0 saturated heterocycles. The van der Waals surface area contributed by atoms with Gasteiger partial charge < -0.3 is 30.1 Å². The van der Waals surface area contributed by atoms with Gasteiger partial charge in [0.15, 0.2) is 0 Å². The minimum Gasteiger partial charge on any atom is -0.508 e. The number of ether oxygens (including phenoxy) is 2. The molecule has 2 aromatic rings. The van der Waals surface area contributed by atoms with Gasteiger partial charge in [-0.3, -0.25) is 9.59 Å². The van der Waals surface area contributed by atoms with Crippen molar-refractivity contribution in [1.82, 2.24) is 10.2 Å². The Morgan fingerprint density at radius 1 is 1.05 bits per heavy atom. The van der Waals surface area contributed by atoms with Gasteiger partial charge in [-0.25, -0.2) is 4.79 Å². The number of carbonyl (C=O) groups excluding carboxylic acids is 3. The summed E-state index contributed by atoms with van der Waals surface area (Å²) in [6, 6.07) is 11.1. The van der Waals surface area contributed by atoms with E-state index in [1.165, 1.54) is 17.0 Å².